The molecule has 5 heteroatoms. The molecule has 0 aliphatic carbocycles. The molecule has 1 heterocycles. The van der Waals surface area contributed by atoms with E-state index in [1.807, 2.05) is 6.92 Å². The van der Waals surface area contributed by atoms with Gasteiger partial charge in [-0.1, -0.05) is 6.07 Å². The lowest BCUT2D eigenvalue weighted by Crippen LogP contribution is -2.03. The van der Waals surface area contributed by atoms with Crippen molar-refractivity contribution in [1.29, 1.82) is 0 Å². The second-order valence-electron chi connectivity index (χ2n) is 3.90. The zero-order chi connectivity index (χ0) is 13.3. The van der Waals surface area contributed by atoms with Gasteiger partial charge in [-0.15, -0.1) is 11.3 Å². The summed E-state index contributed by atoms with van der Waals surface area (Å²) in [5.74, 6) is -0.230. The number of carbonyl (C=O) groups excluding carboxylic acids is 1. The summed E-state index contributed by atoms with van der Waals surface area (Å²) in [5, 5.41) is 0. The van der Waals surface area contributed by atoms with Gasteiger partial charge in [0.1, 0.15) is 5.82 Å². The molecule has 1 nitrogen and oxygen atoms in total. The lowest BCUT2D eigenvalue weighted by Gasteiger charge is -2.04. The molecule has 94 valence electrons. The molecule has 0 amide bonds. The number of halogens is 3. The number of rotatable bonds is 3. The first-order valence-electron chi connectivity index (χ1n) is 5.20. The van der Waals surface area contributed by atoms with Crippen LogP contribution in [0.15, 0.2) is 32.5 Å². The normalized spacial score (nSPS) is 10.7. The average molecular weight is 392 g/mol. The van der Waals surface area contributed by atoms with Gasteiger partial charge >= 0.3 is 0 Å². The van der Waals surface area contributed by atoms with Crippen LogP contribution in [0.1, 0.15) is 20.8 Å². The van der Waals surface area contributed by atoms with Crippen LogP contribution in [-0.4, -0.2) is 5.78 Å². The Morgan fingerprint density at radius 3 is 2.61 bits per heavy atom. The highest BCUT2D eigenvalue weighted by Gasteiger charge is 2.13. The van der Waals surface area contributed by atoms with Crippen molar-refractivity contribution in [2.45, 2.75) is 13.3 Å². The fourth-order valence-corrected chi connectivity index (χ4v) is 3.57. The first-order chi connectivity index (χ1) is 8.47. The van der Waals surface area contributed by atoms with Crippen LogP contribution in [0.3, 0.4) is 0 Å². The van der Waals surface area contributed by atoms with Gasteiger partial charge in [0.2, 0.25) is 0 Å². The number of Topliss-reactive ketones (excluding diaryl/α,β-unsaturated/α-hetero) is 1. The van der Waals surface area contributed by atoms with Crippen molar-refractivity contribution in [1.82, 2.24) is 0 Å². The van der Waals surface area contributed by atoms with Crippen LogP contribution in [0.5, 0.6) is 0 Å². The summed E-state index contributed by atoms with van der Waals surface area (Å²) in [6.07, 6.45) is 0.297. The van der Waals surface area contributed by atoms with E-state index in [9.17, 15) is 9.18 Å². The average Bonchev–Trinajstić information content (AvgIpc) is 2.63. The van der Waals surface area contributed by atoms with E-state index < -0.39 is 0 Å². The molecule has 0 bridgehead atoms. The molecule has 18 heavy (non-hydrogen) atoms. The standard InChI is InChI=1S/C13H9Br2FOS/c1-7-4-9(16)3-2-8(7)5-11(17)12-6-10(14)13(15)18-12/h2-4,6H,5H2,1H3. The Morgan fingerprint density at radius 1 is 1.33 bits per heavy atom. The largest absolute Gasteiger partial charge is 0.293 e. The summed E-state index contributed by atoms with van der Waals surface area (Å²) >= 11 is 8.12. The Kier molecular flexibility index (Phi) is 4.35. The molecule has 0 spiro atoms. The fourth-order valence-electron chi connectivity index (χ4n) is 1.60. The van der Waals surface area contributed by atoms with Gasteiger partial charge in [-0.3, -0.25) is 4.79 Å². The van der Waals surface area contributed by atoms with E-state index in [4.69, 9.17) is 0 Å². The number of aryl methyl sites for hydroxylation is 1. The van der Waals surface area contributed by atoms with Crippen LogP contribution in [0.4, 0.5) is 4.39 Å². The van der Waals surface area contributed by atoms with Crippen molar-refractivity contribution in [2.75, 3.05) is 0 Å². The Balaban J connectivity index is 2.21. The van der Waals surface area contributed by atoms with Gasteiger partial charge in [-0.25, -0.2) is 4.39 Å². The summed E-state index contributed by atoms with van der Waals surface area (Å²) in [6.45, 7) is 1.81. The summed E-state index contributed by atoms with van der Waals surface area (Å²) in [5.41, 5.74) is 1.67. The monoisotopic (exact) mass is 390 g/mol. The minimum Gasteiger partial charge on any atom is -0.293 e. The Labute approximate surface area is 125 Å². The summed E-state index contributed by atoms with van der Waals surface area (Å²) in [7, 11) is 0. The van der Waals surface area contributed by atoms with E-state index in [2.05, 4.69) is 31.9 Å². The maximum absolute atomic E-state index is 13.0. The van der Waals surface area contributed by atoms with Crippen LogP contribution < -0.4 is 0 Å². The van der Waals surface area contributed by atoms with Crippen LogP contribution in [0.2, 0.25) is 0 Å². The van der Waals surface area contributed by atoms with Crippen molar-refractivity contribution in [3.05, 3.63) is 54.3 Å². The molecule has 0 saturated heterocycles. The third-order valence-corrected chi connectivity index (χ3v) is 5.87. The SMILES string of the molecule is Cc1cc(F)ccc1CC(=O)c1cc(Br)c(Br)s1. The summed E-state index contributed by atoms with van der Waals surface area (Å²) < 4.78 is 14.8. The van der Waals surface area contributed by atoms with Gasteiger partial charge in [0.05, 0.1) is 8.66 Å². The molecule has 1 aromatic heterocycles. The highest BCUT2D eigenvalue weighted by molar-refractivity contribution is 9.13. The van der Waals surface area contributed by atoms with Crippen LogP contribution in [0.25, 0.3) is 0 Å². The molecule has 2 aromatic rings. The smallest absolute Gasteiger partial charge is 0.177 e. The molecule has 0 saturated carbocycles. The topological polar surface area (TPSA) is 17.1 Å². The third kappa shape index (κ3) is 3.08. The van der Waals surface area contributed by atoms with Crippen molar-refractivity contribution in [3.63, 3.8) is 0 Å². The molecule has 0 N–H and O–H groups in total. The number of ketones is 1. The molecule has 0 radical (unpaired) electrons. The number of thiophene rings is 1. The number of carbonyl (C=O) groups is 1. The van der Waals surface area contributed by atoms with Gasteiger partial charge in [-0.05, 0) is 68.1 Å². The molecule has 1 aromatic carbocycles. The minimum absolute atomic E-state index is 0.0427. The maximum Gasteiger partial charge on any atom is 0.177 e. The number of hydrogen-bond acceptors (Lipinski definition) is 2. The first kappa shape index (κ1) is 13.9. The van der Waals surface area contributed by atoms with Gasteiger partial charge in [-0.2, -0.15) is 0 Å². The predicted molar refractivity (Wildman–Crippen MR) is 78.9 cm³/mol. The van der Waals surface area contributed by atoms with Crippen LogP contribution in [0, 0.1) is 12.7 Å². The third-order valence-electron chi connectivity index (χ3n) is 2.58. The van der Waals surface area contributed by atoms with Gasteiger partial charge in [0.25, 0.3) is 0 Å². The predicted octanol–water partition coefficient (Wildman–Crippen LogP) is 5.15. The van der Waals surface area contributed by atoms with E-state index >= 15 is 0 Å². The van der Waals surface area contributed by atoms with Gasteiger partial charge < -0.3 is 0 Å². The Bertz CT molecular complexity index is 588. The Hall–Kier alpha value is -0.520. The molecule has 2 rings (SSSR count). The summed E-state index contributed by atoms with van der Waals surface area (Å²) in [6, 6.07) is 6.30. The molecule has 0 aliphatic rings. The molecule has 0 aliphatic heterocycles. The minimum atomic E-state index is -0.273. The van der Waals surface area contributed by atoms with Crippen molar-refractivity contribution in [2.24, 2.45) is 0 Å². The first-order valence-corrected chi connectivity index (χ1v) is 7.60. The number of benzene rings is 1. The molecular weight excluding hydrogens is 383 g/mol. The van der Waals surface area contributed by atoms with Crippen LogP contribution in [-0.2, 0) is 6.42 Å². The zero-order valence-electron chi connectivity index (χ0n) is 9.47. The Morgan fingerprint density at radius 2 is 2.06 bits per heavy atom. The highest BCUT2D eigenvalue weighted by atomic mass is 79.9. The van der Waals surface area contributed by atoms with Crippen molar-refractivity contribution < 1.29 is 9.18 Å². The van der Waals surface area contributed by atoms with E-state index in [-0.39, 0.29) is 11.6 Å². The van der Waals surface area contributed by atoms with E-state index in [1.165, 1.54) is 23.5 Å². The quantitative estimate of drug-likeness (QED) is 0.661. The van der Waals surface area contributed by atoms with E-state index in [1.54, 1.807) is 12.1 Å². The molecule has 0 atom stereocenters. The van der Waals surface area contributed by atoms with E-state index in [0.29, 0.717) is 11.3 Å². The van der Waals surface area contributed by atoms with Gasteiger partial charge in [0, 0.05) is 10.9 Å². The van der Waals surface area contributed by atoms with Gasteiger partial charge in [0.15, 0.2) is 5.78 Å². The molecule has 0 unspecified atom stereocenters. The second-order valence-corrected chi connectivity index (χ2v) is 7.13. The zero-order valence-corrected chi connectivity index (χ0v) is 13.5. The van der Waals surface area contributed by atoms with Crippen LogP contribution >= 0.6 is 43.2 Å². The highest BCUT2D eigenvalue weighted by Crippen LogP contribution is 2.33. The van der Waals surface area contributed by atoms with Crippen molar-refractivity contribution in [3.8, 4) is 0 Å². The number of hydrogen-bond donors (Lipinski definition) is 0. The van der Waals surface area contributed by atoms with E-state index in [0.717, 1.165) is 19.4 Å². The maximum atomic E-state index is 13.0. The lowest BCUT2D eigenvalue weighted by molar-refractivity contribution is 0.0996. The van der Waals surface area contributed by atoms with Crippen molar-refractivity contribution >= 4 is 49.0 Å². The lowest BCUT2D eigenvalue weighted by atomic mass is 10.0. The fraction of sp³-hybridized carbons (Fsp3) is 0.154. The summed E-state index contributed by atoms with van der Waals surface area (Å²) in [4.78, 5) is 12.8. The molecule has 0 fully saturated rings. The second kappa shape index (κ2) is 5.63. The molecular formula is C13H9Br2FOS.